The lowest BCUT2D eigenvalue weighted by molar-refractivity contribution is -0.121. The molecule has 0 atom stereocenters. The monoisotopic (exact) mass is 350 g/mol. The van der Waals surface area contributed by atoms with E-state index in [1.807, 2.05) is 54.6 Å². The molecule has 1 aromatic heterocycles. The van der Waals surface area contributed by atoms with Crippen molar-refractivity contribution in [1.82, 2.24) is 10.3 Å². The van der Waals surface area contributed by atoms with E-state index in [0.29, 0.717) is 31.7 Å². The van der Waals surface area contributed by atoms with Crippen LogP contribution in [0.25, 0.3) is 11.3 Å². The Morgan fingerprint density at radius 2 is 1.88 bits per heavy atom. The van der Waals surface area contributed by atoms with Crippen LogP contribution in [-0.2, 0) is 17.8 Å². The van der Waals surface area contributed by atoms with Gasteiger partial charge in [0, 0.05) is 24.9 Å². The molecule has 0 aliphatic carbocycles. The van der Waals surface area contributed by atoms with Gasteiger partial charge in [0.15, 0.2) is 11.7 Å². The highest BCUT2D eigenvalue weighted by atomic mass is 16.5. The summed E-state index contributed by atoms with van der Waals surface area (Å²) >= 11 is 0. The lowest BCUT2D eigenvalue weighted by Crippen LogP contribution is -2.22. The molecular weight excluding hydrogens is 328 g/mol. The lowest BCUT2D eigenvalue weighted by Gasteiger charge is -2.06. The summed E-state index contributed by atoms with van der Waals surface area (Å²) in [5.74, 6) is 2.24. The van der Waals surface area contributed by atoms with E-state index >= 15 is 0 Å². The van der Waals surface area contributed by atoms with E-state index in [4.69, 9.17) is 9.15 Å². The van der Waals surface area contributed by atoms with Crippen molar-refractivity contribution in [2.75, 3.05) is 7.11 Å². The summed E-state index contributed by atoms with van der Waals surface area (Å²) in [7, 11) is 1.63. The maximum atomic E-state index is 12.0. The molecule has 0 aliphatic heterocycles. The van der Waals surface area contributed by atoms with Gasteiger partial charge in [-0.2, -0.15) is 0 Å². The minimum atomic E-state index is 0.0238. The predicted molar refractivity (Wildman–Crippen MR) is 99.7 cm³/mol. The molecule has 0 saturated carbocycles. The van der Waals surface area contributed by atoms with E-state index in [0.717, 1.165) is 22.6 Å². The smallest absolute Gasteiger partial charge is 0.220 e. The number of aromatic nitrogens is 1. The number of oxazole rings is 1. The highest BCUT2D eigenvalue weighted by molar-refractivity contribution is 5.75. The zero-order valence-corrected chi connectivity index (χ0v) is 14.8. The van der Waals surface area contributed by atoms with Crippen molar-refractivity contribution in [1.29, 1.82) is 0 Å². The second kappa shape index (κ2) is 8.85. The van der Waals surface area contributed by atoms with Crippen molar-refractivity contribution in [2.24, 2.45) is 0 Å². The molecule has 5 nitrogen and oxygen atoms in total. The van der Waals surface area contributed by atoms with Crippen molar-refractivity contribution in [2.45, 2.75) is 25.8 Å². The van der Waals surface area contributed by atoms with Gasteiger partial charge in [-0.1, -0.05) is 42.5 Å². The second-order valence-corrected chi connectivity index (χ2v) is 5.96. The summed E-state index contributed by atoms with van der Waals surface area (Å²) < 4.78 is 10.9. The van der Waals surface area contributed by atoms with Crippen LogP contribution in [0, 0.1) is 0 Å². The highest BCUT2D eigenvalue weighted by Gasteiger charge is 2.07. The van der Waals surface area contributed by atoms with E-state index in [2.05, 4.69) is 10.3 Å². The molecule has 26 heavy (non-hydrogen) atoms. The third kappa shape index (κ3) is 4.96. The average molecular weight is 350 g/mol. The number of benzene rings is 2. The molecule has 2 aromatic carbocycles. The zero-order chi connectivity index (χ0) is 18.2. The Bertz CT molecular complexity index is 826. The van der Waals surface area contributed by atoms with E-state index in [1.54, 1.807) is 13.3 Å². The van der Waals surface area contributed by atoms with Gasteiger partial charge in [-0.05, 0) is 24.1 Å². The Kier molecular flexibility index (Phi) is 6.04. The molecule has 0 fully saturated rings. The maximum Gasteiger partial charge on any atom is 0.220 e. The first kappa shape index (κ1) is 17.7. The Morgan fingerprint density at radius 3 is 2.62 bits per heavy atom. The van der Waals surface area contributed by atoms with Crippen LogP contribution in [0.3, 0.4) is 0 Å². The van der Waals surface area contributed by atoms with Gasteiger partial charge in [0.1, 0.15) is 5.75 Å². The number of ether oxygens (including phenoxy) is 1. The third-order valence-corrected chi connectivity index (χ3v) is 4.06. The minimum Gasteiger partial charge on any atom is -0.497 e. The molecule has 1 heterocycles. The molecule has 3 aromatic rings. The van der Waals surface area contributed by atoms with Gasteiger partial charge in [-0.25, -0.2) is 4.98 Å². The number of nitrogens with zero attached hydrogens (tertiary/aromatic N) is 1. The van der Waals surface area contributed by atoms with E-state index < -0.39 is 0 Å². The fourth-order valence-corrected chi connectivity index (χ4v) is 2.59. The maximum absolute atomic E-state index is 12.0. The van der Waals surface area contributed by atoms with Gasteiger partial charge in [-0.3, -0.25) is 4.79 Å². The van der Waals surface area contributed by atoms with Crippen molar-refractivity contribution >= 4 is 5.91 Å². The summed E-state index contributed by atoms with van der Waals surface area (Å²) in [5, 5.41) is 2.92. The molecule has 5 heteroatoms. The fraction of sp³-hybridized carbons (Fsp3) is 0.238. The molecule has 0 unspecified atom stereocenters. The molecule has 3 rings (SSSR count). The normalized spacial score (nSPS) is 10.5. The molecular formula is C21H22N2O3. The molecule has 0 radical (unpaired) electrons. The van der Waals surface area contributed by atoms with Crippen molar-refractivity contribution in [3.63, 3.8) is 0 Å². The fourth-order valence-electron chi connectivity index (χ4n) is 2.59. The number of hydrogen-bond acceptors (Lipinski definition) is 4. The zero-order valence-electron chi connectivity index (χ0n) is 14.8. The molecule has 1 N–H and O–H groups in total. The molecule has 0 saturated heterocycles. The number of carbonyl (C=O) groups is 1. The topological polar surface area (TPSA) is 64.4 Å². The van der Waals surface area contributed by atoms with Crippen LogP contribution in [0.2, 0.25) is 0 Å². The van der Waals surface area contributed by atoms with Crippen LogP contribution >= 0.6 is 0 Å². The molecule has 0 bridgehead atoms. The molecule has 134 valence electrons. The number of aryl methyl sites for hydroxylation is 1. The first-order valence-corrected chi connectivity index (χ1v) is 8.64. The van der Waals surface area contributed by atoms with Gasteiger partial charge in [0.2, 0.25) is 5.91 Å². The van der Waals surface area contributed by atoms with Crippen LogP contribution in [0.4, 0.5) is 0 Å². The van der Waals surface area contributed by atoms with Gasteiger partial charge in [0.25, 0.3) is 0 Å². The Morgan fingerprint density at radius 1 is 1.12 bits per heavy atom. The lowest BCUT2D eigenvalue weighted by atomic mass is 10.2. The van der Waals surface area contributed by atoms with Gasteiger partial charge >= 0.3 is 0 Å². The number of rotatable bonds is 8. The van der Waals surface area contributed by atoms with Crippen LogP contribution in [-0.4, -0.2) is 18.0 Å². The van der Waals surface area contributed by atoms with Gasteiger partial charge in [0.05, 0.1) is 13.3 Å². The molecule has 0 spiro atoms. The van der Waals surface area contributed by atoms with E-state index in [1.165, 1.54) is 0 Å². The van der Waals surface area contributed by atoms with E-state index in [-0.39, 0.29) is 5.91 Å². The molecule has 1 amide bonds. The average Bonchev–Trinajstić information content (AvgIpc) is 3.16. The first-order chi connectivity index (χ1) is 12.7. The summed E-state index contributed by atoms with van der Waals surface area (Å²) in [6, 6.07) is 17.5. The van der Waals surface area contributed by atoms with Gasteiger partial charge < -0.3 is 14.5 Å². The summed E-state index contributed by atoms with van der Waals surface area (Å²) in [4.78, 5) is 16.3. The number of methoxy groups -OCH3 is 1. The third-order valence-electron chi connectivity index (χ3n) is 4.06. The first-order valence-electron chi connectivity index (χ1n) is 8.64. The standard InChI is InChI=1S/C21H22N2O3/c1-25-18-12-10-16(11-13-18)14-22-20(24)8-5-9-21-23-15-19(26-21)17-6-3-2-4-7-17/h2-4,6-7,10-13,15H,5,8-9,14H2,1H3,(H,22,24). The summed E-state index contributed by atoms with van der Waals surface area (Å²) in [6.45, 7) is 0.514. The number of hydrogen-bond donors (Lipinski definition) is 1. The van der Waals surface area contributed by atoms with E-state index in [9.17, 15) is 4.79 Å². The van der Waals surface area contributed by atoms with Crippen molar-refractivity contribution in [3.05, 3.63) is 72.2 Å². The number of amides is 1. The Balaban J connectivity index is 1.40. The van der Waals surface area contributed by atoms with Crippen molar-refractivity contribution in [3.8, 4) is 17.1 Å². The highest BCUT2D eigenvalue weighted by Crippen LogP contribution is 2.20. The van der Waals surface area contributed by atoms with Crippen LogP contribution in [0.15, 0.2) is 65.2 Å². The summed E-state index contributed by atoms with van der Waals surface area (Å²) in [5.41, 5.74) is 2.04. The Hall–Kier alpha value is -3.08. The quantitative estimate of drug-likeness (QED) is 0.667. The van der Waals surface area contributed by atoms with Crippen molar-refractivity contribution < 1.29 is 13.9 Å². The number of nitrogens with one attached hydrogen (secondary N) is 1. The summed E-state index contributed by atoms with van der Waals surface area (Å²) in [6.07, 6.45) is 3.51. The second-order valence-electron chi connectivity index (χ2n) is 5.96. The SMILES string of the molecule is COc1ccc(CNC(=O)CCCc2ncc(-c3ccccc3)o2)cc1. The van der Waals surface area contributed by atoms with Crippen LogP contribution < -0.4 is 10.1 Å². The predicted octanol–water partition coefficient (Wildman–Crippen LogP) is 3.99. The van der Waals surface area contributed by atoms with Crippen LogP contribution in [0.5, 0.6) is 5.75 Å². The largest absolute Gasteiger partial charge is 0.497 e. The Labute approximate surface area is 153 Å². The minimum absolute atomic E-state index is 0.0238. The van der Waals surface area contributed by atoms with Gasteiger partial charge in [-0.15, -0.1) is 0 Å². The number of carbonyl (C=O) groups excluding carboxylic acids is 1. The van der Waals surface area contributed by atoms with Crippen LogP contribution in [0.1, 0.15) is 24.3 Å². The molecule has 0 aliphatic rings.